The van der Waals surface area contributed by atoms with E-state index in [2.05, 4.69) is 20.3 Å². The van der Waals surface area contributed by atoms with Crippen molar-refractivity contribution in [1.29, 1.82) is 0 Å². The fourth-order valence-corrected chi connectivity index (χ4v) is 3.30. The van der Waals surface area contributed by atoms with Crippen molar-refractivity contribution in [2.45, 2.75) is 24.9 Å². The summed E-state index contributed by atoms with van der Waals surface area (Å²) in [5, 5.41) is 23.2. The first kappa shape index (κ1) is 13.8. The number of nitrogens with one attached hydrogen (secondary N) is 3. The van der Waals surface area contributed by atoms with Gasteiger partial charge in [0.05, 0.1) is 12.4 Å². The van der Waals surface area contributed by atoms with Gasteiger partial charge in [-0.25, -0.2) is 4.98 Å². The number of carboxylic acids is 1. The molecule has 118 valence electrons. The van der Waals surface area contributed by atoms with Crippen molar-refractivity contribution in [3.8, 4) is 5.75 Å². The molecule has 0 saturated heterocycles. The summed E-state index contributed by atoms with van der Waals surface area (Å²) in [6, 6.07) is 4.30. The molecule has 1 aromatic carbocycles. The van der Waals surface area contributed by atoms with Crippen LogP contribution in [0.5, 0.6) is 5.75 Å². The van der Waals surface area contributed by atoms with Gasteiger partial charge in [0.15, 0.2) is 0 Å². The van der Waals surface area contributed by atoms with Crippen molar-refractivity contribution in [1.82, 2.24) is 20.3 Å². The Labute approximate surface area is 131 Å². The van der Waals surface area contributed by atoms with Crippen LogP contribution in [0.4, 0.5) is 0 Å². The Morgan fingerprint density at radius 1 is 1.39 bits per heavy atom. The van der Waals surface area contributed by atoms with Crippen LogP contribution in [0.1, 0.15) is 23.0 Å². The second-order valence-electron chi connectivity index (χ2n) is 5.84. The van der Waals surface area contributed by atoms with Crippen LogP contribution in [-0.2, 0) is 17.6 Å². The number of aromatic amines is 2. The monoisotopic (exact) mass is 312 g/mol. The van der Waals surface area contributed by atoms with E-state index < -0.39 is 12.0 Å². The summed E-state index contributed by atoms with van der Waals surface area (Å²) in [7, 11) is 0. The topological polar surface area (TPSA) is 114 Å². The molecular weight excluding hydrogens is 296 g/mol. The third-order valence-corrected chi connectivity index (χ3v) is 4.36. The fourth-order valence-electron chi connectivity index (χ4n) is 3.30. The van der Waals surface area contributed by atoms with Crippen LogP contribution < -0.4 is 5.32 Å². The van der Waals surface area contributed by atoms with Crippen molar-refractivity contribution in [2.24, 2.45) is 0 Å². The van der Waals surface area contributed by atoms with Gasteiger partial charge in [-0.15, -0.1) is 0 Å². The Hall–Kier alpha value is -2.80. The molecule has 1 aliphatic rings. The zero-order chi connectivity index (χ0) is 16.0. The van der Waals surface area contributed by atoms with Crippen LogP contribution in [0.2, 0.25) is 0 Å². The average molecular weight is 312 g/mol. The number of carboxylic acid groups (broad SMARTS) is 1. The highest BCUT2D eigenvalue weighted by molar-refractivity contribution is 5.88. The molecule has 3 aromatic rings. The molecule has 3 heterocycles. The van der Waals surface area contributed by atoms with Crippen LogP contribution in [0, 0.1) is 0 Å². The largest absolute Gasteiger partial charge is 0.508 e. The molecule has 4 rings (SSSR count). The third-order valence-electron chi connectivity index (χ3n) is 4.36. The summed E-state index contributed by atoms with van der Waals surface area (Å²) in [5.41, 5.74) is 3.75. The van der Waals surface area contributed by atoms with E-state index in [9.17, 15) is 15.0 Å². The molecule has 7 heteroatoms. The molecule has 7 nitrogen and oxygen atoms in total. The van der Waals surface area contributed by atoms with Crippen molar-refractivity contribution in [3.05, 3.63) is 47.7 Å². The lowest BCUT2D eigenvalue weighted by Gasteiger charge is -2.29. The number of imidazole rings is 1. The molecule has 1 aliphatic heterocycles. The Balaban J connectivity index is 1.82. The van der Waals surface area contributed by atoms with Crippen molar-refractivity contribution in [2.75, 3.05) is 0 Å². The average Bonchev–Trinajstić information content (AvgIpc) is 3.14. The number of phenols is 1. The van der Waals surface area contributed by atoms with E-state index in [4.69, 9.17) is 0 Å². The number of fused-ring (bicyclic) bond motifs is 3. The summed E-state index contributed by atoms with van der Waals surface area (Å²) in [6.07, 6.45) is 4.33. The zero-order valence-corrected chi connectivity index (χ0v) is 12.2. The van der Waals surface area contributed by atoms with Crippen molar-refractivity contribution >= 4 is 16.9 Å². The quantitative estimate of drug-likeness (QED) is 0.502. The molecule has 0 fully saturated rings. The molecule has 0 aliphatic carbocycles. The van der Waals surface area contributed by atoms with Gasteiger partial charge in [-0.05, 0) is 23.8 Å². The number of nitrogens with zero attached hydrogens (tertiary/aromatic N) is 1. The maximum Gasteiger partial charge on any atom is 0.321 e. The lowest BCUT2D eigenvalue weighted by atomic mass is 9.92. The maximum absolute atomic E-state index is 11.5. The highest BCUT2D eigenvalue weighted by atomic mass is 16.4. The first-order chi connectivity index (χ1) is 11.1. The van der Waals surface area contributed by atoms with E-state index in [1.165, 1.54) is 0 Å². The second kappa shape index (κ2) is 5.13. The van der Waals surface area contributed by atoms with Gasteiger partial charge in [0.2, 0.25) is 0 Å². The SMILES string of the molecule is O=C(O)[C@H]1Cc2c([nH]c3ccc(O)cc23)[C@H](Cc2cnc[nH]2)N1. The number of aromatic hydroxyl groups is 1. The molecular formula is C16H16N4O3. The smallest absolute Gasteiger partial charge is 0.321 e. The normalized spacial score (nSPS) is 20.5. The lowest BCUT2D eigenvalue weighted by molar-refractivity contribution is -0.139. The number of hydrogen-bond acceptors (Lipinski definition) is 4. The van der Waals surface area contributed by atoms with Gasteiger partial charge in [-0.3, -0.25) is 10.1 Å². The molecule has 0 amide bonds. The van der Waals surface area contributed by atoms with Crippen LogP contribution in [0.15, 0.2) is 30.7 Å². The number of rotatable bonds is 3. The van der Waals surface area contributed by atoms with Gasteiger partial charge in [0.1, 0.15) is 11.8 Å². The zero-order valence-electron chi connectivity index (χ0n) is 12.2. The standard InChI is InChI=1S/C16H16N4O3/c21-9-1-2-12-10(4-9)11-5-14(16(22)23)19-13(15(11)20-12)3-8-6-17-7-18-8/h1-2,4,6-7,13-14,19-21H,3,5H2,(H,17,18)(H,22,23)/t13-,14+/m0/s1. The first-order valence-electron chi connectivity index (χ1n) is 7.41. The lowest BCUT2D eigenvalue weighted by Crippen LogP contribution is -2.45. The molecule has 0 unspecified atom stereocenters. The molecule has 5 N–H and O–H groups in total. The summed E-state index contributed by atoms with van der Waals surface area (Å²) >= 11 is 0. The summed E-state index contributed by atoms with van der Waals surface area (Å²) in [4.78, 5) is 21.9. The van der Waals surface area contributed by atoms with Gasteiger partial charge >= 0.3 is 5.97 Å². The van der Waals surface area contributed by atoms with Crippen LogP contribution in [0.3, 0.4) is 0 Å². The number of H-pyrrole nitrogens is 2. The highest BCUT2D eigenvalue weighted by Gasteiger charge is 2.33. The number of aliphatic carboxylic acids is 1. The van der Waals surface area contributed by atoms with E-state index in [1.807, 2.05) is 6.07 Å². The minimum absolute atomic E-state index is 0.158. The molecule has 0 spiro atoms. The van der Waals surface area contributed by atoms with Crippen molar-refractivity contribution in [3.63, 3.8) is 0 Å². The van der Waals surface area contributed by atoms with E-state index in [0.717, 1.165) is 27.9 Å². The first-order valence-corrected chi connectivity index (χ1v) is 7.41. The van der Waals surface area contributed by atoms with Crippen LogP contribution >= 0.6 is 0 Å². The number of carbonyl (C=O) groups is 1. The summed E-state index contributed by atoms with van der Waals surface area (Å²) < 4.78 is 0. The van der Waals surface area contributed by atoms with Gasteiger partial charge in [-0.2, -0.15) is 0 Å². The Morgan fingerprint density at radius 2 is 2.26 bits per heavy atom. The fraction of sp³-hybridized carbons (Fsp3) is 0.250. The van der Waals surface area contributed by atoms with E-state index in [-0.39, 0.29) is 11.8 Å². The predicted octanol–water partition coefficient (Wildman–Crippen LogP) is 1.48. The molecule has 0 radical (unpaired) electrons. The summed E-state index contributed by atoms with van der Waals surface area (Å²) in [5.74, 6) is -0.699. The molecule has 23 heavy (non-hydrogen) atoms. The Bertz CT molecular complexity index is 869. The summed E-state index contributed by atoms with van der Waals surface area (Å²) in [6.45, 7) is 0. The van der Waals surface area contributed by atoms with E-state index in [1.54, 1.807) is 24.7 Å². The molecule has 0 bridgehead atoms. The number of phenolic OH excluding ortho intramolecular Hbond substituents is 1. The van der Waals surface area contributed by atoms with Crippen LogP contribution in [0.25, 0.3) is 10.9 Å². The van der Waals surface area contributed by atoms with Gasteiger partial charge in [-0.1, -0.05) is 0 Å². The predicted molar refractivity (Wildman–Crippen MR) is 83.3 cm³/mol. The van der Waals surface area contributed by atoms with E-state index in [0.29, 0.717) is 12.8 Å². The highest BCUT2D eigenvalue weighted by Crippen LogP contribution is 2.34. The molecule has 2 atom stereocenters. The number of aromatic nitrogens is 3. The Kier molecular flexibility index (Phi) is 3.09. The van der Waals surface area contributed by atoms with Crippen LogP contribution in [-0.4, -0.2) is 37.2 Å². The van der Waals surface area contributed by atoms with Gasteiger partial charge in [0, 0.05) is 41.3 Å². The number of benzene rings is 1. The van der Waals surface area contributed by atoms with Crippen molar-refractivity contribution < 1.29 is 15.0 Å². The van der Waals surface area contributed by atoms with E-state index >= 15 is 0 Å². The molecule has 2 aromatic heterocycles. The minimum Gasteiger partial charge on any atom is -0.508 e. The maximum atomic E-state index is 11.5. The third kappa shape index (κ3) is 2.35. The number of hydrogen-bond donors (Lipinski definition) is 5. The molecule has 0 saturated carbocycles. The Morgan fingerprint density at radius 3 is 3.00 bits per heavy atom. The van der Waals surface area contributed by atoms with Gasteiger partial charge < -0.3 is 20.2 Å². The van der Waals surface area contributed by atoms with Gasteiger partial charge in [0.25, 0.3) is 0 Å². The minimum atomic E-state index is -0.875. The second-order valence-corrected chi connectivity index (χ2v) is 5.84.